The maximum absolute atomic E-state index is 2.48. The maximum atomic E-state index is 2.48. The minimum absolute atomic E-state index is 0.362. The van der Waals surface area contributed by atoms with E-state index in [2.05, 4.69) is 255 Å². The first-order valence-electron chi connectivity index (χ1n) is 22.7. The van der Waals surface area contributed by atoms with Gasteiger partial charge in [-0.2, -0.15) is 0 Å². The summed E-state index contributed by atoms with van der Waals surface area (Å²) in [6.45, 7) is 0. The Balaban J connectivity index is 0.909. The summed E-state index contributed by atoms with van der Waals surface area (Å²) in [7, 11) is 0. The molecule has 0 nitrogen and oxygen atoms in total. The fourth-order valence-corrected chi connectivity index (χ4v) is 11.3. The van der Waals surface area contributed by atoms with Crippen molar-refractivity contribution in [3.05, 3.63) is 288 Å². The molecule has 0 aliphatic heterocycles. The van der Waals surface area contributed by atoms with Crippen molar-refractivity contribution in [1.82, 2.24) is 0 Å². The number of rotatable bonds is 6. The molecule has 0 aromatic heterocycles. The average molecular weight is 823 g/mol. The molecule has 302 valence electrons. The average Bonchev–Trinajstić information content (AvgIpc) is 3.85. The zero-order chi connectivity index (χ0) is 42.9. The molecule has 0 unspecified atom stereocenters. The van der Waals surface area contributed by atoms with Crippen LogP contribution >= 0.6 is 0 Å². The van der Waals surface area contributed by atoms with Crippen LogP contribution in [0.4, 0.5) is 0 Å². The first kappa shape index (κ1) is 37.3. The van der Waals surface area contributed by atoms with Crippen LogP contribution in [0.15, 0.2) is 249 Å². The molecule has 11 aromatic carbocycles. The molecule has 0 radical (unpaired) electrons. The van der Waals surface area contributed by atoms with Gasteiger partial charge in [0.15, 0.2) is 0 Å². The van der Waals surface area contributed by atoms with Crippen LogP contribution in [0.25, 0.3) is 88.8 Å². The summed E-state index contributed by atoms with van der Waals surface area (Å²) in [4.78, 5) is 0. The Bertz CT molecular complexity index is 3500. The van der Waals surface area contributed by atoms with Gasteiger partial charge in [0.2, 0.25) is 0 Å². The van der Waals surface area contributed by atoms with Gasteiger partial charge in [0, 0.05) is 0 Å². The van der Waals surface area contributed by atoms with Crippen molar-refractivity contribution in [3.8, 4) is 55.6 Å². The third-order valence-electron chi connectivity index (χ3n) is 14.1. The van der Waals surface area contributed by atoms with Crippen molar-refractivity contribution in [2.75, 3.05) is 0 Å². The summed E-state index contributed by atoms with van der Waals surface area (Å²) in [5.74, 6) is 0. The van der Waals surface area contributed by atoms with E-state index in [1.807, 2.05) is 0 Å². The van der Waals surface area contributed by atoms with Crippen molar-refractivity contribution in [2.24, 2.45) is 0 Å². The van der Waals surface area contributed by atoms with Crippen LogP contribution in [0.1, 0.15) is 38.9 Å². The van der Waals surface area contributed by atoms with E-state index < -0.39 is 0 Å². The summed E-state index contributed by atoms with van der Waals surface area (Å²) in [6, 6.07) is 92.0. The molecule has 0 amide bonds. The largest absolute Gasteiger partial charge is 0.0725 e. The standard InChI is InChI=1S/C65H42/c1-3-17-45(18-4-1)58(46-19-5-2-6-20-46)41-43-31-33-47(34-32-43)63-54-24-7-9-26-56(54)64(57-27-10-8-25-55(57)63)48-37-35-44(36-38-48)49-39-40-53-52-23-13-16-30-61(52)65(62(53)42-49)59-28-14-11-21-50(59)51-22-12-15-29-60(51)65/h1-42H. The van der Waals surface area contributed by atoms with Crippen molar-refractivity contribution < 1.29 is 0 Å². The van der Waals surface area contributed by atoms with E-state index >= 15 is 0 Å². The van der Waals surface area contributed by atoms with Crippen molar-refractivity contribution >= 4 is 33.2 Å². The van der Waals surface area contributed by atoms with Gasteiger partial charge < -0.3 is 0 Å². The van der Waals surface area contributed by atoms with Crippen LogP contribution < -0.4 is 0 Å². The first-order chi connectivity index (χ1) is 32.3. The fourth-order valence-electron chi connectivity index (χ4n) is 11.3. The predicted octanol–water partition coefficient (Wildman–Crippen LogP) is 16.9. The van der Waals surface area contributed by atoms with Crippen molar-refractivity contribution in [1.29, 1.82) is 0 Å². The predicted molar refractivity (Wildman–Crippen MR) is 274 cm³/mol. The molecule has 11 aromatic rings. The van der Waals surface area contributed by atoms with Crippen LogP contribution in [0.3, 0.4) is 0 Å². The third kappa shape index (κ3) is 5.71. The highest BCUT2D eigenvalue weighted by molar-refractivity contribution is 6.21. The Morgan fingerprint density at radius 3 is 1.09 bits per heavy atom. The van der Waals surface area contributed by atoms with Gasteiger partial charge in [-0.1, -0.05) is 243 Å². The second kappa shape index (κ2) is 14.9. The number of fused-ring (bicyclic) bond motifs is 12. The van der Waals surface area contributed by atoms with Gasteiger partial charge in [0.25, 0.3) is 0 Å². The Labute approximate surface area is 380 Å². The second-order valence-corrected chi connectivity index (χ2v) is 17.5. The summed E-state index contributed by atoms with van der Waals surface area (Å²) in [5.41, 5.74) is 22.6. The molecule has 0 saturated heterocycles. The molecule has 0 N–H and O–H groups in total. The van der Waals surface area contributed by atoms with Gasteiger partial charge in [-0.25, -0.2) is 0 Å². The van der Waals surface area contributed by atoms with Gasteiger partial charge in [-0.05, 0) is 134 Å². The van der Waals surface area contributed by atoms with Crippen molar-refractivity contribution in [2.45, 2.75) is 5.41 Å². The number of benzene rings is 11. The van der Waals surface area contributed by atoms with E-state index in [0.29, 0.717) is 0 Å². The molecule has 2 aliphatic carbocycles. The zero-order valence-corrected chi connectivity index (χ0v) is 35.7. The molecule has 13 rings (SSSR count). The quantitative estimate of drug-likeness (QED) is 0.116. The summed E-state index contributed by atoms with van der Waals surface area (Å²) < 4.78 is 0. The normalized spacial score (nSPS) is 12.7. The van der Waals surface area contributed by atoms with Crippen LogP contribution in [0.5, 0.6) is 0 Å². The molecule has 0 fully saturated rings. The van der Waals surface area contributed by atoms with Crippen LogP contribution in [-0.4, -0.2) is 0 Å². The smallest absolute Gasteiger partial charge is 0.0622 e. The first-order valence-corrected chi connectivity index (χ1v) is 22.7. The van der Waals surface area contributed by atoms with Gasteiger partial charge in [-0.15, -0.1) is 0 Å². The Hall–Kier alpha value is -8.32. The second-order valence-electron chi connectivity index (χ2n) is 17.5. The number of hydrogen-bond donors (Lipinski definition) is 0. The summed E-state index contributed by atoms with van der Waals surface area (Å²) in [5, 5.41) is 5.01. The Morgan fingerprint density at radius 2 is 0.631 bits per heavy atom. The molecule has 2 aliphatic rings. The third-order valence-corrected chi connectivity index (χ3v) is 14.1. The topological polar surface area (TPSA) is 0 Å². The minimum atomic E-state index is -0.362. The van der Waals surface area contributed by atoms with Gasteiger partial charge in [-0.3, -0.25) is 0 Å². The highest BCUT2D eigenvalue weighted by Crippen LogP contribution is 2.63. The molecule has 1 spiro atoms. The van der Waals surface area contributed by atoms with Gasteiger partial charge in [0.1, 0.15) is 0 Å². The van der Waals surface area contributed by atoms with Crippen molar-refractivity contribution in [3.63, 3.8) is 0 Å². The molecule has 0 bridgehead atoms. The molecule has 65 heavy (non-hydrogen) atoms. The zero-order valence-electron chi connectivity index (χ0n) is 35.7. The Kier molecular flexibility index (Phi) is 8.54. The molecule has 0 saturated carbocycles. The van der Waals surface area contributed by atoms with Gasteiger partial charge >= 0.3 is 0 Å². The van der Waals surface area contributed by atoms with E-state index in [4.69, 9.17) is 0 Å². The highest BCUT2D eigenvalue weighted by atomic mass is 14.5. The molecule has 0 atom stereocenters. The van der Waals surface area contributed by atoms with Gasteiger partial charge in [0.05, 0.1) is 5.41 Å². The molecular weight excluding hydrogens is 781 g/mol. The van der Waals surface area contributed by atoms with Crippen LogP contribution in [-0.2, 0) is 5.41 Å². The van der Waals surface area contributed by atoms with Crippen LogP contribution in [0, 0.1) is 0 Å². The van der Waals surface area contributed by atoms with E-state index in [1.54, 1.807) is 0 Å². The summed E-state index contributed by atoms with van der Waals surface area (Å²) in [6.07, 6.45) is 2.31. The maximum Gasteiger partial charge on any atom is 0.0725 e. The highest BCUT2D eigenvalue weighted by Gasteiger charge is 2.51. The lowest BCUT2D eigenvalue weighted by molar-refractivity contribution is 0.794. The van der Waals surface area contributed by atoms with E-state index in [1.165, 1.54) is 122 Å². The van der Waals surface area contributed by atoms with E-state index in [-0.39, 0.29) is 5.41 Å². The van der Waals surface area contributed by atoms with E-state index in [9.17, 15) is 0 Å². The molecule has 0 heteroatoms. The SMILES string of the molecule is C(=C(c1ccccc1)c1ccccc1)c1ccc(-c2c3ccccc3c(-c3ccc(-c4ccc5c(c4)C4(c6ccccc6-c6ccccc64)c4ccccc4-5)cc3)c3ccccc23)cc1. The lowest BCUT2D eigenvalue weighted by atomic mass is 9.70. The molecular formula is C65H42. The number of hydrogen-bond acceptors (Lipinski definition) is 0. The summed E-state index contributed by atoms with van der Waals surface area (Å²) >= 11 is 0. The fraction of sp³-hybridized carbons (Fsp3) is 0.0154. The lowest BCUT2D eigenvalue weighted by Gasteiger charge is -2.30. The van der Waals surface area contributed by atoms with E-state index in [0.717, 1.165) is 0 Å². The van der Waals surface area contributed by atoms with Crippen LogP contribution in [0.2, 0.25) is 0 Å². The Morgan fingerprint density at radius 1 is 0.277 bits per heavy atom. The minimum Gasteiger partial charge on any atom is -0.0622 e. The molecule has 0 heterocycles. The monoisotopic (exact) mass is 822 g/mol. The lowest BCUT2D eigenvalue weighted by Crippen LogP contribution is -2.25.